The van der Waals surface area contributed by atoms with Crippen molar-refractivity contribution in [3.63, 3.8) is 0 Å². The molecule has 118 valence electrons. The van der Waals surface area contributed by atoms with Gasteiger partial charge in [0.25, 0.3) is 0 Å². The second-order valence-corrected chi connectivity index (χ2v) is 5.01. The Kier molecular flexibility index (Phi) is 8.43. The number of nitrogens with zero attached hydrogens (tertiary/aromatic N) is 1. The van der Waals surface area contributed by atoms with Crippen LogP contribution in [0.15, 0.2) is 24.3 Å². The first kappa shape index (κ1) is 17.4. The van der Waals surface area contributed by atoms with Gasteiger partial charge in [-0.25, -0.2) is 4.39 Å². The van der Waals surface area contributed by atoms with Gasteiger partial charge in [-0.15, -0.1) is 0 Å². The zero-order valence-corrected chi connectivity index (χ0v) is 12.6. The molecule has 1 aromatic rings. The van der Waals surface area contributed by atoms with Gasteiger partial charge in [0.1, 0.15) is 11.6 Å². The number of halogens is 1. The quantitative estimate of drug-likeness (QED) is 0.675. The zero-order valence-electron chi connectivity index (χ0n) is 12.6. The van der Waals surface area contributed by atoms with Crippen molar-refractivity contribution < 1.29 is 19.0 Å². The van der Waals surface area contributed by atoms with Crippen LogP contribution in [0.4, 0.5) is 4.39 Å². The van der Waals surface area contributed by atoms with Gasteiger partial charge in [-0.2, -0.15) is 0 Å². The van der Waals surface area contributed by atoms with Crippen molar-refractivity contribution in [2.24, 2.45) is 0 Å². The van der Waals surface area contributed by atoms with E-state index in [0.29, 0.717) is 25.2 Å². The van der Waals surface area contributed by atoms with E-state index in [1.165, 1.54) is 12.1 Å². The molecule has 0 unspecified atom stereocenters. The number of hydrogen-bond acceptors (Lipinski definition) is 3. The highest BCUT2D eigenvalue weighted by molar-refractivity contribution is 5.75. The first-order valence-electron chi connectivity index (χ1n) is 7.36. The Labute approximate surface area is 125 Å². The molecule has 1 amide bonds. The molecule has 1 N–H and O–H groups in total. The molecule has 0 heterocycles. The summed E-state index contributed by atoms with van der Waals surface area (Å²) in [6.45, 7) is 1.37. The van der Waals surface area contributed by atoms with Crippen LogP contribution >= 0.6 is 0 Å². The summed E-state index contributed by atoms with van der Waals surface area (Å²) in [4.78, 5) is 13.6. The maximum Gasteiger partial charge on any atom is 0.222 e. The SMILES string of the molecule is CN(CCCCCO)C(=O)CCCOc1ccc(F)cc1. The molecule has 5 heteroatoms. The lowest BCUT2D eigenvalue weighted by molar-refractivity contribution is -0.130. The number of carbonyl (C=O) groups excluding carboxylic acids is 1. The smallest absolute Gasteiger partial charge is 0.222 e. The maximum atomic E-state index is 12.7. The molecule has 0 spiro atoms. The molecule has 21 heavy (non-hydrogen) atoms. The summed E-state index contributed by atoms with van der Waals surface area (Å²) in [5.41, 5.74) is 0. The normalized spacial score (nSPS) is 10.4. The number of amides is 1. The molecule has 0 aromatic heterocycles. The highest BCUT2D eigenvalue weighted by Crippen LogP contribution is 2.11. The molecular formula is C16H24FNO3. The van der Waals surface area contributed by atoms with E-state index in [1.54, 1.807) is 24.1 Å². The van der Waals surface area contributed by atoms with Crippen molar-refractivity contribution in [3.8, 4) is 5.75 Å². The summed E-state index contributed by atoms with van der Waals surface area (Å²) < 4.78 is 18.1. The van der Waals surface area contributed by atoms with Crippen molar-refractivity contribution >= 4 is 5.91 Å². The number of carbonyl (C=O) groups is 1. The van der Waals surface area contributed by atoms with Gasteiger partial charge in [-0.1, -0.05) is 0 Å². The fourth-order valence-electron chi connectivity index (χ4n) is 1.90. The third-order valence-corrected chi connectivity index (χ3v) is 3.19. The molecule has 0 aliphatic heterocycles. The molecular weight excluding hydrogens is 273 g/mol. The van der Waals surface area contributed by atoms with Crippen molar-refractivity contribution in [2.75, 3.05) is 26.8 Å². The van der Waals surface area contributed by atoms with Gasteiger partial charge in [-0.05, 0) is 49.9 Å². The van der Waals surface area contributed by atoms with Gasteiger partial charge >= 0.3 is 0 Å². The second kappa shape index (κ2) is 10.2. The molecule has 1 aromatic carbocycles. The molecule has 0 radical (unpaired) electrons. The van der Waals surface area contributed by atoms with Gasteiger partial charge < -0.3 is 14.7 Å². The minimum Gasteiger partial charge on any atom is -0.494 e. The summed E-state index contributed by atoms with van der Waals surface area (Å²) in [7, 11) is 1.79. The Morgan fingerprint density at radius 3 is 2.57 bits per heavy atom. The van der Waals surface area contributed by atoms with Crippen LogP contribution in [0.5, 0.6) is 5.75 Å². The van der Waals surface area contributed by atoms with Crippen molar-refractivity contribution in [3.05, 3.63) is 30.1 Å². The Bertz CT molecular complexity index is 408. The van der Waals surface area contributed by atoms with E-state index in [4.69, 9.17) is 9.84 Å². The van der Waals surface area contributed by atoms with Crippen LogP contribution in [0.25, 0.3) is 0 Å². The minimum atomic E-state index is -0.291. The molecule has 0 saturated carbocycles. The van der Waals surface area contributed by atoms with E-state index in [1.807, 2.05) is 0 Å². The lowest BCUT2D eigenvalue weighted by Crippen LogP contribution is -2.27. The van der Waals surface area contributed by atoms with Gasteiger partial charge in [0.2, 0.25) is 5.91 Å². The first-order valence-corrected chi connectivity index (χ1v) is 7.36. The molecule has 0 fully saturated rings. The molecule has 1 rings (SSSR count). The number of ether oxygens (including phenoxy) is 1. The average molecular weight is 297 g/mol. The molecule has 0 bridgehead atoms. The van der Waals surface area contributed by atoms with Crippen LogP contribution < -0.4 is 4.74 Å². The lowest BCUT2D eigenvalue weighted by atomic mass is 10.2. The van der Waals surface area contributed by atoms with Gasteiger partial charge in [0, 0.05) is 26.6 Å². The topological polar surface area (TPSA) is 49.8 Å². The fraction of sp³-hybridized carbons (Fsp3) is 0.562. The van der Waals surface area contributed by atoms with Crippen LogP contribution in [0.3, 0.4) is 0 Å². The Morgan fingerprint density at radius 2 is 1.90 bits per heavy atom. The van der Waals surface area contributed by atoms with Gasteiger partial charge in [0.15, 0.2) is 0 Å². The number of aliphatic hydroxyl groups is 1. The first-order chi connectivity index (χ1) is 10.1. The van der Waals surface area contributed by atoms with Gasteiger partial charge in [-0.3, -0.25) is 4.79 Å². The monoisotopic (exact) mass is 297 g/mol. The van der Waals surface area contributed by atoms with Crippen molar-refractivity contribution in [1.29, 1.82) is 0 Å². The van der Waals surface area contributed by atoms with E-state index in [0.717, 1.165) is 25.8 Å². The maximum absolute atomic E-state index is 12.7. The minimum absolute atomic E-state index is 0.0988. The van der Waals surface area contributed by atoms with E-state index in [9.17, 15) is 9.18 Å². The summed E-state index contributed by atoms with van der Waals surface area (Å²) in [6.07, 6.45) is 3.71. The number of rotatable bonds is 10. The zero-order chi connectivity index (χ0) is 15.5. The molecule has 0 aliphatic carbocycles. The highest BCUT2D eigenvalue weighted by Gasteiger charge is 2.07. The van der Waals surface area contributed by atoms with Crippen LogP contribution in [0.2, 0.25) is 0 Å². The molecule has 0 aliphatic rings. The predicted molar refractivity (Wildman–Crippen MR) is 79.7 cm³/mol. The molecule has 0 atom stereocenters. The lowest BCUT2D eigenvalue weighted by Gasteiger charge is -2.17. The number of aliphatic hydroxyl groups excluding tert-OH is 1. The predicted octanol–water partition coefficient (Wildman–Crippen LogP) is 2.61. The molecule has 0 saturated heterocycles. The van der Waals surface area contributed by atoms with Crippen LogP contribution in [0.1, 0.15) is 32.1 Å². The van der Waals surface area contributed by atoms with Crippen LogP contribution in [-0.4, -0.2) is 42.7 Å². The third kappa shape index (κ3) is 7.66. The van der Waals surface area contributed by atoms with E-state index in [2.05, 4.69) is 0 Å². The standard InChI is InChI=1S/C16H24FNO3/c1-18(11-3-2-4-12-19)16(20)6-5-13-21-15-9-7-14(17)8-10-15/h7-10,19H,2-6,11-13H2,1H3. The second-order valence-electron chi connectivity index (χ2n) is 5.01. The average Bonchev–Trinajstić information content (AvgIpc) is 2.49. The molecule has 4 nitrogen and oxygen atoms in total. The summed E-state index contributed by atoms with van der Waals surface area (Å²) in [5, 5.41) is 8.68. The Hall–Kier alpha value is -1.62. The third-order valence-electron chi connectivity index (χ3n) is 3.19. The summed E-state index contributed by atoms with van der Waals surface area (Å²) in [6, 6.07) is 5.84. The summed E-state index contributed by atoms with van der Waals surface area (Å²) >= 11 is 0. The highest BCUT2D eigenvalue weighted by atomic mass is 19.1. The fourth-order valence-corrected chi connectivity index (χ4v) is 1.90. The number of unbranched alkanes of at least 4 members (excludes halogenated alkanes) is 2. The number of hydrogen-bond donors (Lipinski definition) is 1. The van der Waals surface area contributed by atoms with E-state index >= 15 is 0 Å². The number of benzene rings is 1. The van der Waals surface area contributed by atoms with Crippen molar-refractivity contribution in [2.45, 2.75) is 32.1 Å². The van der Waals surface area contributed by atoms with Gasteiger partial charge in [0.05, 0.1) is 6.61 Å². The Morgan fingerprint density at radius 1 is 1.19 bits per heavy atom. The van der Waals surface area contributed by atoms with Crippen LogP contribution in [-0.2, 0) is 4.79 Å². The van der Waals surface area contributed by atoms with E-state index < -0.39 is 0 Å². The van der Waals surface area contributed by atoms with Crippen molar-refractivity contribution in [1.82, 2.24) is 4.90 Å². The largest absolute Gasteiger partial charge is 0.494 e. The van der Waals surface area contributed by atoms with Crippen LogP contribution in [0, 0.1) is 5.82 Å². The summed E-state index contributed by atoms with van der Waals surface area (Å²) in [5.74, 6) is 0.420. The van der Waals surface area contributed by atoms with E-state index in [-0.39, 0.29) is 18.3 Å². The Balaban J connectivity index is 2.10.